The highest BCUT2D eigenvalue weighted by atomic mass is 79.9. The summed E-state index contributed by atoms with van der Waals surface area (Å²) < 4.78 is 2.41. The van der Waals surface area contributed by atoms with Crippen molar-refractivity contribution in [3.63, 3.8) is 0 Å². The summed E-state index contributed by atoms with van der Waals surface area (Å²) in [5, 5.41) is 3.45. The van der Waals surface area contributed by atoms with Gasteiger partial charge in [-0.25, -0.2) is 0 Å². The van der Waals surface area contributed by atoms with E-state index in [1.165, 1.54) is 32.3 Å². The van der Waals surface area contributed by atoms with Crippen LogP contribution in [0.25, 0.3) is 32.3 Å². The van der Waals surface area contributed by atoms with E-state index in [1.807, 2.05) is 0 Å². The summed E-state index contributed by atoms with van der Waals surface area (Å²) in [4.78, 5) is 2.30. The Labute approximate surface area is 218 Å². The number of rotatable bonds is 5. The Morgan fingerprint density at radius 3 is 1.74 bits per heavy atom. The minimum absolute atomic E-state index is 1.09. The molecule has 1 heterocycles. The molecule has 1 nitrogen and oxygen atoms in total. The lowest BCUT2D eigenvalue weighted by atomic mass is 10.0. The number of hydrogen-bond donors (Lipinski definition) is 0. The lowest BCUT2D eigenvalue weighted by Gasteiger charge is -2.26. The molecule has 0 aliphatic rings. The van der Waals surface area contributed by atoms with E-state index in [9.17, 15) is 0 Å². The maximum atomic E-state index is 3.58. The number of halogens is 1. The third-order valence-corrected chi connectivity index (χ3v) is 7.59. The molecule has 35 heavy (non-hydrogen) atoms. The number of para-hydroxylation sites is 1. The molecule has 0 fully saturated rings. The Morgan fingerprint density at radius 2 is 1.09 bits per heavy atom. The van der Waals surface area contributed by atoms with E-state index in [-0.39, 0.29) is 0 Å². The Bertz CT molecular complexity index is 1590. The van der Waals surface area contributed by atoms with Crippen molar-refractivity contribution in [2.24, 2.45) is 0 Å². The topological polar surface area (TPSA) is 3.24 Å². The van der Waals surface area contributed by atoms with Crippen molar-refractivity contribution >= 4 is 54.4 Å². The summed E-state index contributed by atoms with van der Waals surface area (Å²) >= 11 is 5.37. The van der Waals surface area contributed by atoms with Crippen molar-refractivity contribution in [1.29, 1.82) is 0 Å². The van der Waals surface area contributed by atoms with Crippen LogP contribution in [-0.4, -0.2) is 0 Å². The Hall–Kier alpha value is -3.66. The van der Waals surface area contributed by atoms with Crippen LogP contribution in [0.2, 0.25) is 0 Å². The lowest BCUT2D eigenvalue weighted by Crippen LogP contribution is -2.09. The van der Waals surface area contributed by atoms with Gasteiger partial charge in [0.25, 0.3) is 0 Å². The lowest BCUT2D eigenvalue weighted by molar-refractivity contribution is 1.28. The van der Waals surface area contributed by atoms with Gasteiger partial charge in [-0.3, -0.25) is 0 Å². The molecule has 0 atom stereocenters. The van der Waals surface area contributed by atoms with Gasteiger partial charge in [0.05, 0.1) is 0 Å². The van der Waals surface area contributed by atoms with E-state index in [4.69, 9.17) is 0 Å². The highest BCUT2D eigenvalue weighted by molar-refractivity contribution is 9.10. The zero-order chi connectivity index (χ0) is 23.6. The van der Waals surface area contributed by atoms with Crippen molar-refractivity contribution in [3.8, 4) is 22.3 Å². The minimum atomic E-state index is 1.09. The monoisotopic (exact) mass is 531 g/mol. The van der Waals surface area contributed by atoms with Crippen LogP contribution in [0.1, 0.15) is 0 Å². The van der Waals surface area contributed by atoms with Crippen LogP contribution < -0.4 is 4.90 Å². The molecular weight excluding hydrogens is 510 g/mol. The predicted octanol–water partition coefficient (Wildman–Crippen LogP) is 10.5. The van der Waals surface area contributed by atoms with Gasteiger partial charge in [-0.2, -0.15) is 0 Å². The predicted molar refractivity (Wildman–Crippen MR) is 155 cm³/mol. The van der Waals surface area contributed by atoms with E-state index in [0.717, 1.165) is 21.5 Å². The number of fused-ring (bicyclic) bond motifs is 1. The molecule has 6 aromatic rings. The Kier molecular flexibility index (Phi) is 5.95. The molecule has 0 N–H and O–H groups in total. The first-order valence-corrected chi connectivity index (χ1v) is 13.2. The largest absolute Gasteiger partial charge is 0.311 e. The molecule has 0 aliphatic carbocycles. The van der Waals surface area contributed by atoms with Gasteiger partial charge in [-0.1, -0.05) is 82.7 Å². The second-order valence-corrected chi connectivity index (χ2v) is 10.3. The van der Waals surface area contributed by atoms with Crippen molar-refractivity contribution in [1.82, 2.24) is 0 Å². The van der Waals surface area contributed by atoms with Crippen LogP contribution in [0.15, 0.2) is 137 Å². The summed E-state index contributed by atoms with van der Waals surface area (Å²) in [6.45, 7) is 0. The molecule has 0 saturated carbocycles. The summed E-state index contributed by atoms with van der Waals surface area (Å²) in [5.74, 6) is 0. The zero-order valence-electron chi connectivity index (χ0n) is 18.9. The second-order valence-electron chi connectivity index (χ2n) is 8.45. The number of benzene rings is 5. The molecule has 3 heteroatoms. The zero-order valence-corrected chi connectivity index (χ0v) is 21.3. The average Bonchev–Trinajstić information content (AvgIpc) is 3.38. The average molecular weight is 533 g/mol. The SMILES string of the molecule is Brc1cccc(-c2ccc(N(c3ccccc3)c3ccc(-c4ccc5ccsc5c4)cc3)cc2)c1. The number of nitrogens with zero attached hydrogens (tertiary/aromatic N) is 1. The van der Waals surface area contributed by atoms with E-state index >= 15 is 0 Å². The fourth-order valence-electron chi connectivity index (χ4n) is 4.43. The molecule has 0 unspecified atom stereocenters. The van der Waals surface area contributed by atoms with Crippen LogP contribution in [-0.2, 0) is 0 Å². The molecule has 0 saturated heterocycles. The molecule has 5 aromatic carbocycles. The smallest absolute Gasteiger partial charge is 0.0462 e. The molecule has 0 spiro atoms. The summed E-state index contributed by atoms with van der Waals surface area (Å²) in [7, 11) is 0. The standard InChI is InChI=1S/C32H22BrNS/c33-28-6-4-5-26(21-28)23-11-15-30(16-12-23)34(29-7-2-1-3-8-29)31-17-13-24(14-18-31)27-10-9-25-19-20-35-32(25)22-27/h1-22H. The quantitative estimate of drug-likeness (QED) is 0.213. The van der Waals surface area contributed by atoms with E-state index in [1.54, 1.807) is 11.3 Å². The fraction of sp³-hybridized carbons (Fsp3) is 0. The molecule has 0 bridgehead atoms. The maximum Gasteiger partial charge on any atom is 0.0462 e. The van der Waals surface area contributed by atoms with E-state index in [2.05, 4.69) is 154 Å². The number of thiophene rings is 1. The van der Waals surface area contributed by atoms with Crippen LogP contribution in [0.4, 0.5) is 17.1 Å². The van der Waals surface area contributed by atoms with E-state index in [0.29, 0.717) is 0 Å². The molecule has 6 rings (SSSR count). The molecule has 0 radical (unpaired) electrons. The van der Waals surface area contributed by atoms with Crippen LogP contribution >= 0.6 is 27.3 Å². The third kappa shape index (κ3) is 4.53. The van der Waals surface area contributed by atoms with Gasteiger partial charge < -0.3 is 4.90 Å². The summed E-state index contributed by atoms with van der Waals surface area (Å²) in [6, 6.07) is 45.5. The van der Waals surface area contributed by atoms with Crippen LogP contribution in [0.3, 0.4) is 0 Å². The van der Waals surface area contributed by atoms with Crippen molar-refractivity contribution in [2.75, 3.05) is 4.90 Å². The Balaban J connectivity index is 1.36. The Morgan fingerprint density at radius 1 is 0.486 bits per heavy atom. The minimum Gasteiger partial charge on any atom is -0.311 e. The third-order valence-electron chi connectivity index (χ3n) is 6.21. The summed E-state index contributed by atoms with van der Waals surface area (Å²) in [5.41, 5.74) is 8.26. The molecular formula is C32H22BrNS. The van der Waals surface area contributed by atoms with E-state index < -0.39 is 0 Å². The van der Waals surface area contributed by atoms with Crippen molar-refractivity contribution in [3.05, 3.63) is 137 Å². The van der Waals surface area contributed by atoms with Crippen molar-refractivity contribution < 1.29 is 0 Å². The van der Waals surface area contributed by atoms with Gasteiger partial charge in [-0.05, 0) is 93.7 Å². The van der Waals surface area contributed by atoms with Crippen molar-refractivity contribution in [2.45, 2.75) is 0 Å². The van der Waals surface area contributed by atoms with Gasteiger partial charge in [0.2, 0.25) is 0 Å². The molecule has 168 valence electrons. The maximum absolute atomic E-state index is 3.58. The normalized spacial score (nSPS) is 11.0. The molecule has 0 aliphatic heterocycles. The van der Waals surface area contributed by atoms with Crippen LogP contribution in [0, 0.1) is 0 Å². The first-order chi connectivity index (χ1) is 17.2. The highest BCUT2D eigenvalue weighted by Crippen LogP contribution is 2.37. The highest BCUT2D eigenvalue weighted by Gasteiger charge is 2.13. The summed E-state index contributed by atoms with van der Waals surface area (Å²) in [6.07, 6.45) is 0. The molecule has 0 amide bonds. The van der Waals surface area contributed by atoms with Gasteiger partial charge >= 0.3 is 0 Å². The fourth-order valence-corrected chi connectivity index (χ4v) is 5.66. The first-order valence-electron chi connectivity index (χ1n) is 11.5. The van der Waals surface area contributed by atoms with Gasteiger partial charge in [0.1, 0.15) is 0 Å². The van der Waals surface area contributed by atoms with Gasteiger partial charge in [0, 0.05) is 26.2 Å². The number of anilines is 3. The second kappa shape index (κ2) is 9.53. The van der Waals surface area contributed by atoms with Crippen LogP contribution in [0.5, 0.6) is 0 Å². The molecule has 1 aromatic heterocycles. The van der Waals surface area contributed by atoms with Gasteiger partial charge in [-0.15, -0.1) is 11.3 Å². The first kappa shape index (κ1) is 21.8. The van der Waals surface area contributed by atoms with Gasteiger partial charge in [0.15, 0.2) is 0 Å². The number of hydrogen-bond acceptors (Lipinski definition) is 2.